The molecule has 1 aromatic heterocycles. The standard InChI is InChI=1S/C16H20N2O2/c1-10-6-8-12(9-7-10)15-17-16(20-18-15)13-4-3-5-14(19)11(13)2/h3-5,10,12,19H,6-9H2,1-2H3. The van der Waals surface area contributed by atoms with Crippen LogP contribution in [0.2, 0.25) is 0 Å². The number of aromatic hydroxyl groups is 1. The summed E-state index contributed by atoms with van der Waals surface area (Å²) in [6.45, 7) is 4.16. The summed E-state index contributed by atoms with van der Waals surface area (Å²) >= 11 is 0. The van der Waals surface area contributed by atoms with Gasteiger partial charge < -0.3 is 9.63 Å². The fourth-order valence-corrected chi connectivity index (χ4v) is 2.88. The highest BCUT2D eigenvalue weighted by molar-refractivity contribution is 5.61. The topological polar surface area (TPSA) is 59.2 Å². The van der Waals surface area contributed by atoms with Gasteiger partial charge in [0.2, 0.25) is 0 Å². The highest BCUT2D eigenvalue weighted by atomic mass is 16.5. The van der Waals surface area contributed by atoms with E-state index in [0.29, 0.717) is 11.8 Å². The van der Waals surface area contributed by atoms with E-state index in [1.54, 1.807) is 12.1 Å². The van der Waals surface area contributed by atoms with Crippen LogP contribution in [0.15, 0.2) is 22.7 Å². The van der Waals surface area contributed by atoms with E-state index >= 15 is 0 Å². The van der Waals surface area contributed by atoms with E-state index in [1.165, 1.54) is 12.8 Å². The first-order valence-corrected chi connectivity index (χ1v) is 7.27. The molecule has 1 aromatic carbocycles. The van der Waals surface area contributed by atoms with Crippen molar-refractivity contribution in [3.8, 4) is 17.2 Å². The largest absolute Gasteiger partial charge is 0.508 e. The van der Waals surface area contributed by atoms with E-state index in [4.69, 9.17) is 4.52 Å². The van der Waals surface area contributed by atoms with E-state index < -0.39 is 0 Å². The molecule has 1 fully saturated rings. The highest BCUT2D eigenvalue weighted by Gasteiger charge is 2.24. The Balaban J connectivity index is 1.85. The number of hydrogen-bond donors (Lipinski definition) is 1. The molecule has 0 unspecified atom stereocenters. The summed E-state index contributed by atoms with van der Waals surface area (Å²) < 4.78 is 5.39. The first-order chi connectivity index (χ1) is 9.65. The molecule has 20 heavy (non-hydrogen) atoms. The van der Waals surface area contributed by atoms with E-state index in [9.17, 15) is 5.11 Å². The number of hydrogen-bond acceptors (Lipinski definition) is 4. The third kappa shape index (κ3) is 2.42. The average Bonchev–Trinajstić information content (AvgIpc) is 2.92. The zero-order valence-electron chi connectivity index (χ0n) is 12.0. The number of aromatic nitrogens is 2. The Morgan fingerprint density at radius 2 is 1.95 bits per heavy atom. The molecule has 0 aliphatic heterocycles. The minimum Gasteiger partial charge on any atom is -0.508 e. The summed E-state index contributed by atoms with van der Waals surface area (Å²) in [6, 6.07) is 5.36. The Morgan fingerprint density at radius 1 is 1.20 bits per heavy atom. The third-order valence-electron chi connectivity index (χ3n) is 4.36. The molecule has 4 heteroatoms. The second-order valence-electron chi connectivity index (χ2n) is 5.86. The molecule has 4 nitrogen and oxygen atoms in total. The predicted molar refractivity (Wildman–Crippen MR) is 76.5 cm³/mol. The van der Waals surface area contributed by atoms with Crippen molar-refractivity contribution in [3.63, 3.8) is 0 Å². The number of nitrogens with zero attached hydrogens (tertiary/aromatic N) is 2. The summed E-state index contributed by atoms with van der Waals surface area (Å²) in [5.41, 5.74) is 1.59. The fraction of sp³-hybridized carbons (Fsp3) is 0.500. The number of rotatable bonds is 2. The van der Waals surface area contributed by atoms with Gasteiger partial charge in [0.15, 0.2) is 5.82 Å². The zero-order valence-corrected chi connectivity index (χ0v) is 12.0. The van der Waals surface area contributed by atoms with Gasteiger partial charge in [-0.25, -0.2) is 0 Å². The van der Waals surface area contributed by atoms with Crippen molar-refractivity contribution in [1.29, 1.82) is 0 Å². The number of phenols is 1. The van der Waals surface area contributed by atoms with Crippen molar-refractivity contribution in [2.75, 3.05) is 0 Å². The van der Waals surface area contributed by atoms with Crippen LogP contribution >= 0.6 is 0 Å². The van der Waals surface area contributed by atoms with E-state index in [0.717, 1.165) is 35.7 Å². The lowest BCUT2D eigenvalue weighted by atomic mass is 9.83. The van der Waals surface area contributed by atoms with Crippen molar-refractivity contribution < 1.29 is 9.63 Å². The maximum absolute atomic E-state index is 9.76. The third-order valence-corrected chi connectivity index (χ3v) is 4.36. The summed E-state index contributed by atoms with van der Waals surface area (Å²) in [7, 11) is 0. The van der Waals surface area contributed by atoms with Crippen LogP contribution < -0.4 is 0 Å². The molecular formula is C16H20N2O2. The first-order valence-electron chi connectivity index (χ1n) is 7.27. The summed E-state index contributed by atoms with van der Waals surface area (Å²) in [6.07, 6.45) is 4.75. The smallest absolute Gasteiger partial charge is 0.258 e. The molecule has 1 aliphatic rings. The van der Waals surface area contributed by atoms with Gasteiger partial charge in [0, 0.05) is 17.0 Å². The SMILES string of the molecule is Cc1c(O)cccc1-c1nc(C2CCC(C)CC2)no1. The molecule has 0 radical (unpaired) electrons. The van der Waals surface area contributed by atoms with Crippen LogP contribution in [-0.4, -0.2) is 15.2 Å². The van der Waals surface area contributed by atoms with Crippen molar-refractivity contribution >= 4 is 0 Å². The quantitative estimate of drug-likeness (QED) is 0.896. The monoisotopic (exact) mass is 272 g/mol. The number of benzene rings is 1. The predicted octanol–water partition coefficient (Wildman–Crippen LogP) is 4.04. The molecule has 0 bridgehead atoms. The molecule has 1 saturated carbocycles. The van der Waals surface area contributed by atoms with Crippen molar-refractivity contribution in [3.05, 3.63) is 29.6 Å². The van der Waals surface area contributed by atoms with Gasteiger partial charge in [-0.15, -0.1) is 0 Å². The van der Waals surface area contributed by atoms with Gasteiger partial charge in [0.1, 0.15) is 5.75 Å². The average molecular weight is 272 g/mol. The van der Waals surface area contributed by atoms with Gasteiger partial charge in [-0.3, -0.25) is 0 Å². The summed E-state index contributed by atoms with van der Waals surface area (Å²) in [5.74, 6) is 2.81. The molecule has 106 valence electrons. The molecular weight excluding hydrogens is 252 g/mol. The van der Waals surface area contributed by atoms with Crippen molar-refractivity contribution in [1.82, 2.24) is 10.1 Å². The normalized spacial score (nSPS) is 22.9. The molecule has 0 amide bonds. The lowest BCUT2D eigenvalue weighted by molar-refractivity contribution is 0.329. The van der Waals surface area contributed by atoms with Crippen LogP contribution in [-0.2, 0) is 0 Å². The van der Waals surface area contributed by atoms with Crippen LogP contribution in [0.1, 0.15) is 49.9 Å². The van der Waals surface area contributed by atoms with Crippen LogP contribution in [0.4, 0.5) is 0 Å². The van der Waals surface area contributed by atoms with Gasteiger partial charge >= 0.3 is 0 Å². The molecule has 0 saturated heterocycles. The second-order valence-corrected chi connectivity index (χ2v) is 5.86. The van der Waals surface area contributed by atoms with Gasteiger partial charge in [0.25, 0.3) is 5.89 Å². The second kappa shape index (κ2) is 5.27. The van der Waals surface area contributed by atoms with E-state index in [1.807, 2.05) is 13.0 Å². The van der Waals surface area contributed by atoms with Crippen LogP contribution in [0.3, 0.4) is 0 Å². The molecule has 1 heterocycles. The zero-order chi connectivity index (χ0) is 14.1. The van der Waals surface area contributed by atoms with Crippen LogP contribution in [0, 0.1) is 12.8 Å². The Bertz CT molecular complexity index is 598. The lowest BCUT2D eigenvalue weighted by Gasteiger charge is -2.23. The molecule has 0 spiro atoms. The van der Waals surface area contributed by atoms with E-state index in [2.05, 4.69) is 17.1 Å². The molecule has 0 atom stereocenters. The Morgan fingerprint density at radius 3 is 2.70 bits per heavy atom. The van der Waals surface area contributed by atoms with E-state index in [-0.39, 0.29) is 5.75 Å². The lowest BCUT2D eigenvalue weighted by Crippen LogP contribution is -2.11. The minimum atomic E-state index is 0.258. The van der Waals surface area contributed by atoms with Gasteiger partial charge in [-0.05, 0) is 37.8 Å². The summed E-state index contributed by atoms with van der Waals surface area (Å²) in [4.78, 5) is 4.54. The first kappa shape index (κ1) is 13.2. The Kier molecular flexibility index (Phi) is 3.47. The highest BCUT2D eigenvalue weighted by Crippen LogP contribution is 2.35. The van der Waals surface area contributed by atoms with Crippen molar-refractivity contribution in [2.24, 2.45) is 5.92 Å². The van der Waals surface area contributed by atoms with Crippen LogP contribution in [0.5, 0.6) is 5.75 Å². The van der Waals surface area contributed by atoms with Gasteiger partial charge in [-0.1, -0.05) is 31.0 Å². The molecule has 1 N–H and O–H groups in total. The molecule has 2 aromatic rings. The maximum Gasteiger partial charge on any atom is 0.258 e. The fourth-order valence-electron chi connectivity index (χ4n) is 2.88. The minimum absolute atomic E-state index is 0.258. The van der Waals surface area contributed by atoms with Crippen LogP contribution in [0.25, 0.3) is 11.5 Å². The van der Waals surface area contributed by atoms with Crippen molar-refractivity contribution in [2.45, 2.75) is 45.4 Å². The summed E-state index contributed by atoms with van der Waals surface area (Å²) in [5, 5.41) is 13.9. The van der Waals surface area contributed by atoms with Gasteiger partial charge in [0.05, 0.1) is 0 Å². The molecule has 1 aliphatic carbocycles. The number of phenolic OH excluding ortho intramolecular Hbond substituents is 1. The maximum atomic E-state index is 9.76. The Labute approximate surface area is 118 Å². The van der Waals surface area contributed by atoms with Gasteiger partial charge in [-0.2, -0.15) is 4.98 Å². The Hall–Kier alpha value is -1.84. The molecule has 3 rings (SSSR count).